The van der Waals surface area contributed by atoms with Gasteiger partial charge in [0.2, 0.25) is 0 Å². The lowest BCUT2D eigenvalue weighted by Crippen LogP contribution is -2.14. The van der Waals surface area contributed by atoms with Crippen molar-refractivity contribution in [2.24, 2.45) is 5.73 Å². The maximum absolute atomic E-state index is 13.8. The quantitative estimate of drug-likeness (QED) is 0.722. The summed E-state index contributed by atoms with van der Waals surface area (Å²) in [5, 5.41) is 3.76. The lowest BCUT2D eigenvalue weighted by molar-refractivity contribution is 0.626. The average molecular weight is 303 g/mol. The molecule has 0 radical (unpaired) electrons. The molecule has 20 heavy (non-hydrogen) atoms. The summed E-state index contributed by atoms with van der Waals surface area (Å²) >= 11 is 6.39. The molecule has 0 unspecified atom stereocenters. The van der Waals surface area contributed by atoms with Crippen molar-refractivity contribution in [3.8, 4) is 0 Å². The van der Waals surface area contributed by atoms with E-state index in [9.17, 15) is 4.39 Å². The van der Waals surface area contributed by atoms with Crippen LogP contribution in [0.25, 0.3) is 10.2 Å². The Balaban J connectivity index is 2.02. The number of halogens is 1. The number of nitrogens with one attached hydrogen (secondary N) is 1. The monoisotopic (exact) mass is 303 g/mol. The molecule has 100 valence electrons. The molecule has 0 aliphatic carbocycles. The van der Waals surface area contributed by atoms with E-state index in [0.29, 0.717) is 10.8 Å². The van der Waals surface area contributed by atoms with E-state index in [-0.39, 0.29) is 10.6 Å². The first-order valence-corrected chi connectivity index (χ1v) is 7.08. The predicted molar refractivity (Wildman–Crippen MR) is 85.2 cm³/mol. The largest absolute Gasteiger partial charge is 0.389 e. The first kappa shape index (κ1) is 13.0. The van der Waals surface area contributed by atoms with Crippen LogP contribution < -0.4 is 11.1 Å². The third-order valence-electron chi connectivity index (χ3n) is 2.80. The number of nitrogens with zero attached hydrogens (tertiary/aromatic N) is 1. The highest BCUT2D eigenvalue weighted by Crippen LogP contribution is 2.29. The van der Waals surface area contributed by atoms with Gasteiger partial charge in [0.15, 0.2) is 5.13 Å². The maximum Gasteiger partial charge on any atom is 0.188 e. The Kier molecular flexibility index (Phi) is 3.33. The van der Waals surface area contributed by atoms with Crippen molar-refractivity contribution in [1.82, 2.24) is 4.98 Å². The van der Waals surface area contributed by atoms with Crippen LogP contribution in [-0.4, -0.2) is 9.97 Å². The number of thiocarbonyl (C=S) groups is 1. The van der Waals surface area contributed by atoms with Gasteiger partial charge in [0.05, 0.1) is 21.5 Å². The molecule has 0 aliphatic heterocycles. The smallest absolute Gasteiger partial charge is 0.188 e. The minimum absolute atomic E-state index is 0.0201. The second-order valence-corrected chi connectivity index (χ2v) is 5.61. The number of anilines is 2. The summed E-state index contributed by atoms with van der Waals surface area (Å²) in [5.74, 6) is -0.441. The van der Waals surface area contributed by atoms with Crippen molar-refractivity contribution in [2.75, 3.05) is 5.32 Å². The molecule has 0 fully saturated rings. The number of benzene rings is 2. The summed E-state index contributed by atoms with van der Waals surface area (Å²) in [6, 6.07) is 12.4. The van der Waals surface area contributed by atoms with Gasteiger partial charge in [-0.1, -0.05) is 41.8 Å². The van der Waals surface area contributed by atoms with Gasteiger partial charge in [0.25, 0.3) is 0 Å². The third-order valence-corrected chi connectivity index (χ3v) is 3.95. The van der Waals surface area contributed by atoms with E-state index in [2.05, 4.69) is 10.3 Å². The fourth-order valence-electron chi connectivity index (χ4n) is 1.92. The van der Waals surface area contributed by atoms with Crippen molar-refractivity contribution in [2.45, 2.75) is 0 Å². The number of nitrogens with two attached hydrogens (primary N) is 1. The van der Waals surface area contributed by atoms with Crippen LogP contribution in [0.1, 0.15) is 5.56 Å². The van der Waals surface area contributed by atoms with Crippen LogP contribution in [0.3, 0.4) is 0 Å². The molecule has 2 aromatic carbocycles. The number of fused-ring (bicyclic) bond motifs is 1. The van der Waals surface area contributed by atoms with E-state index in [0.717, 1.165) is 10.2 Å². The van der Waals surface area contributed by atoms with Crippen LogP contribution in [0.15, 0.2) is 42.5 Å². The lowest BCUT2D eigenvalue weighted by Gasteiger charge is -2.09. The van der Waals surface area contributed by atoms with Crippen LogP contribution in [0.4, 0.5) is 15.2 Å². The summed E-state index contributed by atoms with van der Waals surface area (Å²) in [6.07, 6.45) is 0. The van der Waals surface area contributed by atoms with E-state index in [4.69, 9.17) is 18.0 Å². The summed E-state index contributed by atoms with van der Waals surface area (Å²) in [7, 11) is 0. The molecule has 3 N–H and O–H groups in total. The van der Waals surface area contributed by atoms with E-state index in [1.165, 1.54) is 17.4 Å². The number of thiazole rings is 1. The lowest BCUT2D eigenvalue weighted by atomic mass is 10.1. The molecule has 3 aromatic rings. The van der Waals surface area contributed by atoms with Crippen LogP contribution >= 0.6 is 23.6 Å². The van der Waals surface area contributed by atoms with Crippen LogP contribution in [0.2, 0.25) is 0 Å². The molecule has 3 rings (SSSR count). The Bertz CT molecular complexity index is 765. The predicted octanol–water partition coefficient (Wildman–Crippen LogP) is 3.81. The molecule has 0 amide bonds. The van der Waals surface area contributed by atoms with Crippen molar-refractivity contribution >= 4 is 49.6 Å². The van der Waals surface area contributed by atoms with Gasteiger partial charge in [-0.15, -0.1) is 0 Å². The average Bonchev–Trinajstić information content (AvgIpc) is 2.80. The van der Waals surface area contributed by atoms with Crippen LogP contribution in [0.5, 0.6) is 0 Å². The van der Waals surface area contributed by atoms with Gasteiger partial charge in [-0.2, -0.15) is 0 Å². The fourth-order valence-corrected chi connectivity index (χ4v) is 3.01. The van der Waals surface area contributed by atoms with Crippen molar-refractivity contribution < 1.29 is 4.39 Å². The molecule has 1 aromatic heterocycles. The van der Waals surface area contributed by atoms with Crippen molar-refractivity contribution in [3.05, 3.63) is 53.8 Å². The van der Waals surface area contributed by atoms with E-state index in [1.807, 2.05) is 24.3 Å². The Hall–Kier alpha value is -2.05. The van der Waals surface area contributed by atoms with Gasteiger partial charge < -0.3 is 11.1 Å². The standard InChI is InChI=1S/C14H10FN3S2/c15-8-4-3-6-10(12(8)13(16)19)18-14-17-9-5-1-2-7-11(9)20-14/h1-7H,(H2,16,19)(H,17,18). The number of aromatic nitrogens is 1. The minimum Gasteiger partial charge on any atom is -0.389 e. The molecule has 0 aliphatic rings. The van der Waals surface area contributed by atoms with E-state index < -0.39 is 5.82 Å². The first-order valence-electron chi connectivity index (χ1n) is 5.86. The fraction of sp³-hybridized carbons (Fsp3) is 0. The number of rotatable bonds is 3. The van der Waals surface area contributed by atoms with Crippen molar-refractivity contribution in [1.29, 1.82) is 0 Å². The zero-order valence-electron chi connectivity index (χ0n) is 10.3. The third kappa shape index (κ3) is 2.35. The molecular weight excluding hydrogens is 293 g/mol. The zero-order valence-corrected chi connectivity index (χ0v) is 11.9. The molecule has 6 heteroatoms. The van der Waals surface area contributed by atoms with E-state index >= 15 is 0 Å². The van der Waals surface area contributed by atoms with Gasteiger partial charge in [-0.05, 0) is 24.3 Å². The molecular formula is C14H10FN3S2. The Labute approximate surface area is 124 Å². The van der Waals surface area contributed by atoms with Gasteiger partial charge >= 0.3 is 0 Å². The summed E-state index contributed by atoms with van der Waals surface area (Å²) in [5.41, 5.74) is 7.21. The molecule has 0 bridgehead atoms. The topological polar surface area (TPSA) is 50.9 Å². The number of para-hydroxylation sites is 1. The highest BCUT2D eigenvalue weighted by molar-refractivity contribution is 7.80. The Morgan fingerprint density at radius 2 is 2.00 bits per heavy atom. The van der Waals surface area contributed by atoms with Crippen molar-refractivity contribution in [3.63, 3.8) is 0 Å². The molecule has 1 heterocycles. The molecule has 0 saturated carbocycles. The van der Waals surface area contributed by atoms with Gasteiger partial charge in [0, 0.05) is 0 Å². The highest BCUT2D eigenvalue weighted by atomic mass is 32.1. The van der Waals surface area contributed by atoms with E-state index in [1.54, 1.807) is 12.1 Å². The normalized spacial score (nSPS) is 10.7. The molecule has 3 nitrogen and oxygen atoms in total. The van der Waals surface area contributed by atoms with Gasteiger partial charge in [-0.3, -0.25) is 0 Å². The number of hydrogen-bond donors (Lipinski definition) is 2. The first-order chi connectivity index (χ1) is 9.65. The Morgan fingerprint density at radius 3 is 2.75 bits per heavy atom. The second-order valence-electron chi connectivity index (χ2n) is 4.14. The second kappa shape index (κ2) is 5.15. The Morgan fingerprint density at radius 1 is 1.20 bits per heavy atom. The minimum atomic E-state index is -0.441. The zero-order chi connectivity index (χ0) is 14.1. The van der Waals surface area contributed by atoms with Gasteiger partial charge in [0.1, 0.15) is 10.8 Å². The summed E-state index contributed by atoms with van der Waals surface area (Å²) in [4.78, 5) is 4.46. The summed E-state index contributed by atoms with van der Waals surface area (Å²) < 4.78 is 14.8. The highest BCUT2D eigenvalue weighted by Gasteiger charge is 2.12. The number of hydrogen-bond acceptors (Lipinski definition) is 4. The molecule has 0 saturated heterocycles. The SMILES string of the molecule is NC(=S)c1c(F)cccc1Nc1nc2ccccc2s1. The van der Waals surface area contributed by atoms with Crippen LogP contribution in [-0.2, 0) is 0 Å². The maximum atomic E-state index is 13.8. The molecule has 0 spiro atoms. The molecule has 0 atom stereocenters. The summed E-state index contributed by atoms with van der Waals surface area (Å²) in [6.45, 7) is 0. The van der Waals surface area contributed by atoms with Crippen LogP contribution in [0, 0.1) is 5.82 Å². The van der Waals surface area contributed by atoms with Gasteiger partial charge in [-0.25, -0.2) is 9.37 Å².